The number of halogens is 1. The Bertz CT molecular complexity index is 309. The third kappa shape index (κ3) is 4.49. The molecule has 0 atom stereocenters. The zero-order chi connectivity index (χ0) is 10.6. The molecule has 0 unspecified atom stereocenters. The Hall–Kier alpha value is -0.730. The number of hydrogen-bond donors (Lipinski definition) is 1. The third-order valence-corrected chi connectivity index (χ3v) is 1.83. The Morgan fingerprint density at radius 2 is 2.14 bits per heavy atom. The molecule has 1 heterocycles. The van der Waals surface area contributed by atoms with Crippen molar-refractivity contribution in [3.63, 3.8) is 0 Å². The topological polar surface area (TPSA) is 25.2 Å². The highest BCUT2D eigenvalue weighted by atomic mass is 35.5. The largest absolute Gasteiger partial charge is 0.445 e. The van der Waals surface area contributed by atoms with Gasteiger partial charge in [0, 0.05) is 12.1 Å². The van der Waals surface area contributed by atoms with Gasteiger partial charge in [-0.15, -0.1) is 0 Å². The molecule has 0 saturated heterocycles. The number of rotatable bonds is 3. The Balaban J connectivity index is 2.35. The normalized spacial score (nSPS) is 12.6. The molecule has 0 saturated carbocycles. The molecule has 1 aromatic heterocycles. The van der Waals surface area contributed by atoms with E-state index >= 15 is 0 Å². The van der Waals surface area contributed by atoms with Crippen molar-refractivity contribution in [1.82, 2.24) is 5.32 Å². The molecule has 0 aliphatic heterocycles. The van der Waals surface area contributed by atoms with E-state index in [1.165, 1.54) is 0 Å². The van der Waals surface area contributed by atoms with Crippen LogP contribution in [0.25, 0.3) is 6.08 Å². The van der Waals surface area contributed by atoms with Crippen molar-refractivity contribution in [2.24, 2.45) is 0 Å². The fraction of sp³-hybridized carbons (Fsp3) is 0.455. The molecule has 0 amide bonds. The first-order valence-electron chi connectivity index (χ1n) is 4.64. The van der Waals surface area contributed by atoms with Crippen LogP contribution in [-0.4, -0.2) is 12.1 Å². The van der Waals surface area contributed by atoms with E-state index in [1.807, 2.05) is 18.2 Å². The molecule has 0 bridgehead atoms. The van der Waals surface area contributed by atoms with E-state index in [2.05, 4.69) is 26.1 Å². The van der Waals surface area contributed by atoms with Gasteiger partial charge in [0.05, 0.1) is 0 Å². The molecule has 14 heavy (non-hydrogen) atoms. The second-order valence-electron chi connectivity index (χ2n) is 4.18. The average molecular weight is 214 g/mol. The Morgan fingerprint density at radius 1 is 1.43 bits per heavy atom. The molecule has 1 N–H and O–H groups in total. The maximum Gasteiger partial charge on any atom is 0.193 e. The minimum absolute atomic E-state index is 0.144. The van der Waals surface area contributed by atoms with Crippen LogP contribution < -0.4 is 5.32 Å². The molecule has 0 aliphatic rings. The lowest BCUT2D eigenvalue weighted by Gasteiger charge is -2.18. The summed E-state index contributed by atoms with van der Waals surface area (Å²) in [6, 6.07) is 3.58. The van der Waals surface area contributed by atoms with Crippen molar-refractivity contribution in [3.05, 3.63) is 29.2 Å². The highest BCUT2D eigenvalue weighted by Gasteiger charge is 2.05. The Kier molecular flexibility index (Phi) is 3.78. The molecule has 0 spiro atoms. The second-order valence-corrected chi connectivity index (χ2v) is 4.55. The van der Waals surface area contributed by atoms with Gasteiger partial charge in [-0.2, -0.15) is 0 Å². The van der Waals surface area contributed by atoms with Crippen LogP contribution in [0.15, 0.2) is 22.6 Å². The second kappa shape index (κ2) is 4.67. The van der Waals surface area contributed by atoms with Gasteiger partial charge in [-0.1, -0.05) is 6.08 Å². The van der Waals surface area contributed by atoms with Crippen LogP contribution in [-0.2, 0) is 0 Å². The maximum atomic E-state index is 5.63. The summed E-state index contributed by atoms with van der Waals surface area (Å²) < 4.78 is 5.17. The van der Waals surface area contributed by atoms with Gasteiger partial charge in [-0.3, -0.25) is 0 Å². The van der Waals surface area contributed by atoms with E-state index in [1.54, 1.807) is 6.07 Å². The minimum atomic E-state index is 0.144. The van der Waals surface area contributed by atoms with Crippen LogP contribution in [0.2, 0.25) is 5.22 Å². The van der Waals surface area contributed by atoms with Crippen molar-refractivity contribution in [2.75, 3.05) is 6.54 Å². The summed E-state index contributed by atoms with van der Waals surface area (Å²) in [5, 5.41) is 3.76. The summed E-state index contributed by atoms with van der Waals surface area (Å²) >= 11 is 5.63. The molecule has 0 aliphatic carbocycles. The first-order chi connectivity index (χ1) is 6.47. The van der Waals surface area contributed by atoms with Gasteiger partial charge in [-0.05, 0) is 50.6 Å². The maximum absolute atomic E-state index is 5.63. The molecule has 1 rings (SSSR count). The van der Waals surface area contributed by atoms with Crippen molar-refractivity contribution >= 4 is 17.7 Å². The predicted molar refractivity (Wildman–Crippen MR) is 60.5 cm³/mol. The smallest absolute Gasteiger partial charge is 0.193 e. The standard InChI is InChI=1S/C11H16ClNO/c1-11(2,3)13-8-4-5-9-6-7-10(12)14-9/h4-7,13H,8H2,1-3H3. The van der Waals surface area contributed by atoms with Crippen LogP contribution in [0.3, 0.4) is 0 Å². The molecule has 1 aromatic rings. The molecule has 0 radical (unpaired) electrons. The van der Waals surface area contributed by atoms with Crippen LogP contribution in [0, 0.1) is 0 Å². The summed E-state index contributed by atoms with van der Waals surface area (Å²) in [7, 11) is 0. The van der Waals surface area contributed by atoms with Gasteiger partial charge in [0.15, 0.2) is 5.22 Å². The lowest BCUT2D eigenvalue weighted by atomic mass is 10.1. The Morgan fingerprint density at radius 3 is 2.64 bits per heavy atom. The Labute approximate surface area is 89.9 Å². The van der Waals surface area contributed by atoms with Crippen LogP contribution in [0.1, 0.15) is 26.5 Å². The van der Waals surface area contributed by atoms with Crippen molar-refractivity contribution in [2.45, 2.75) is 26.3 Å². The van der Waals surface area contributed by atoms with Crippen molar-refractivity contribution in [3.8, 4) is 0 Å². The molecular weight excluding hydrogens is 198 g/mol. The lowest BCUT2D eigenvalue weighted by Crippen LogP contribution is -2.35. The van der Waals surface area contributed by atoms with Gasteiger partial charge in [0.2, 0.25) is 0 Å². The monoisotopic (exact) mass is 213 g/mol. The number of furan rings is 1. The summed E-state index contributed by atoms with van der Waals surface area (Å²) in [6.07, 6.45) is 3.92. The first kappa shape index (κ1) is 11.3. The van der Waals surface area contributed by atoms with E-state index < -0.39 is 0 Å². The predicted octanol–water partition coefficient (Wildman–Crippen LogP) is 3.33. The fourth-order valence-electron chi connectivity index (χ4n) is 0.958. The van der Waals surface area contributed by atoms with Crippen molar-refractivity contribution < 1.29 is 4.42 Å². The number of nitrogens with one attached hydrogen (secondary N) is 1. The molecular formula is C11H16ClNO. The third-order valence-electron chi connectivity index (χ3n) is 1.63. The van der Waals surface area contributed by atoms with E-state index in [9.17, 15) is 0 Å². The molecule has 3 heteroatoms. The average Bonchev–Trinajstić information content (AvgIpc) is 2.44. The van der Waals surface area contributed by atoms with Gasteiger partial charge >= 0.3 is 0 Å². The summed E-state index contributed by atoms with van der Waals surface area (Å²) in [5.41, 5.74) is 0.144. The van der Waals surface area contributed by atoms with Crippen LogP contribution in [0.5, 0.6) is 0 Å². The van der Waals surface area contributed by atoms with Gasteiger partial charge < -0.3 is 9.73 Å². The van der Waals surface area contributed by atoms with E-state index in [0.717, 1.165) is 12.3 Å². The van der Waals surface area contributed by atoms with Gasteiger partial charge in [0.25, 0.3) is 0 Å². The number of hydrogen-bond acceptors (Lipinski definition) is 2. The first-order valence-corrected chi connectivity index (χ1v) is 5.02. The molecule has 2 nitrogen and oxygen atoms in total. The fourth-order valence-corrected chi connectivity index (χ4v) is 1.11. The molecule has 0 aromatic carbocycles. The SMILES string of the molecule is CC(C)(C)NCC=Cc1ccc(Cl)o1. The summed E-state index contributed by atoms with van der Waals surface area (Å²) in [5.74, 6) is 0.783. The summed E-state index contributed by atoms with van der Waals surface area (Å²) in [6.45, 7) is 7.21. The van der Waals surface area contributed by atoms with Crippen molar-refractivity contribution in [1.29, 1.82) is 0 Å². The van der Waals surface area contributed by atoms with E-state index in [-0.39, 0.29) is 5.54 Å². The van der Waals surface area contributed by atoms with Gasteiger partial charge in [0.1, 0.15) is 5.76 Å². The highest BCUT2D eigenvalue weighted by molar-refractivity contribution is 6.28. The zero-order valence-corrected chi connectivity index (χ0v) is 9.56. The molecule has 78 valence electrons. The van der Waals surface area contributed by atoms with E-state index in [0.29, 0.717) is 5.22 Å². The van der Waals surface area contributed by atoms with Crippen LogP contribution in [0.4, 0.5) is 0 Å². The highest BCUT2D eigenvalue weighted by Crippen LogP contribution is 2.13. The minimum Gasteiger partial charge on any atom is -0.445 e. The van der Waals surface area contributed by atoms with E-state index in [4.69, 9.17) is 16.0 Å². The van der Waals surface area contributed by atoms with Crippen LogP contribution >= 0.6 is 11.6 Å². The molecule has 0 fully saturated rings. The zero-order valence-electron chi connectivity index (χ0n) is 8.80. The lowest BCUT2D eigenvalue weighted by molar-refractivity contribution is 0.449. The quantitative estimate of drug-likeness (QED) is 0.833. The van der Waals surface area contributed by atoms with Gasteiger partial charge in [-0.25, -0.2) is 0 Å². The summed E-state index contributed by atoms with van der Waals surface area (Å²) in [4.78, 5) is 0.